The molecule has 8 heteroatoms. The molecule has 0 aliphatic rings. The molecule has 0 saturated carbocycles. The second kappa shape index (κ2) is 8.97. The van der Waals surface area contributed by atoms with Gasteiger partial charge in [0.2, 0.25) is 5.91 Å². The van der Waals surface area contributed by atoms with Crippen molar-refractivity contribution in [1.82, 2.24) is 14.8 Å². The molecule has 0 unspecified atom stereocenters. The number of nitriles is 1. The molecule has 150 valence electrons. The van der Waals surface area contributed by atoms with Gasteiger partial charge in [0, 0.05) is 19.3 Å². The van der Waals surface area contributed by atoms with Crippen LogP contribution in [0.15, 0.2) is 40.1 Å². The predicted molar refractivity (Wildman–Crippen MR) is 113 cm³/mol. The Morgan fingerprint density at radius 3 is 2.59 bits per heavy atom. The average molecular weight is 410 g/mol. The highest BCUT2D eigenvalue weighted by Crippen LogP contribution is 2.27. The average Bonchev–Trinajstić information content (AvgIpc) is 3.24. The number of carbonyl (C=O) groups is 1. The van der Waals surface area contributed by atoms with Crippen LogP contribution in [-0.4, -0.2) is 33.0 Å². The lowest BCUT2D eigenvalue weighted by Crippen LogP contribution is -2.33. The van der Waals surface area contributed by atoms with Gasteiger partial charge in [0.15, 0.2) is 11.0 Å². The van der Waals surface area contributed by atoms with Crippen LogP contribution < -0.4 is 4.90 Å². The van der Waals surface area contributed by atoms with Crippen molar-refractivity contribution in [1.29, 1.82) is 5.26 Å². The van der Waals surface area contributed by atoms with Gasteiger partial charge >= 0.3 is 0 Å². The van der Waals surface area contributed by atoms with Gasteiger partial charge in [-0.25, -0.2) is 0 Å². The van der Waals surface area contributed by atoms with Crippen LogP contribution in [0.25, 0.3) is 11.4 Å². The van der Waals surface area contributed by atoms with Gasteiger partial charge in [0.05, 0.1) is 30.1 Å². The molecule has 0 fully saturated rings. The fourth-order valence-corrected chi connectivity index (χ4v) is 3.95. The van der Waals surface area contributed by atoms with E-state index in [9.17, 15) is 4.79 Å². The summed E-state index contributed by atoms with van der Waals surface area (Å²) in [6.45, 7) is 6.22. The van der Waals surface area contributed by atoms with Gasteiger partial charge in [-0.15, -0.1) is 10.2 Å². The maximum absolute atomic E-state index is 13.0. The zero-order valence-corrected chi connectivity index (χ0v) is 17.8. The number of aromatic nitrogens is 3. The van der Waals surface area contributed by atoms with E-state index in [4.69, 9.17) is 9.68 Å². The molecule has 29 heavy (non-hydrogen) atoms. The van der Waals surface area contributed by atoms with Crippen molar-refractivity contribution in [3.63, 3.8) is 0 Å². The molecule has 0 saturated heterocycles. The van der Waals surface area contributed by atoms with Crippen LogP contribution >= 0.6 is 11.8 Å². The summed E-state index contributed by atoms with van der Waals surface area (Å²) in [4.78, 5) is 14.6. The SMILES string of the molecule is Cc1cc(C)cc(N(CCC#N)C(=O)CSc2nnc(-c3ccoc3C)n2C)c1. The Balaban J connectivity index is 1.76. The maximum atomic E-state index is 13.0. The van der Waals surface area contributed by atoms with E-state index in [-0.39, 0.29) is 18.1 Å². The summed E-state index contributed by atoms with van der Waals surface area (Å²) in [5.74, 6) is 1.60. The summed E-state index contributed by atoms with van der Waals surface area (Å²) in [7, 11) is 1.87. The van der Waals surface area contributed by atoms with Crippen molar-refractivity contribution in [2.24, 2.45) is 7.05 Å². The molecule has 0 bridgehead atoms. The van der Waals surface area contributed by atoms with Gasteiger partial charge < -0.3 is 13.9 Å². The van der Waals surface area contributed by atoms with Gasteiger partial charge in [-0.05, 0) is 50.1 Å². The first-order valence-electron chi connectivity index (χ1n) is 9.23. The first kappa shape index (κ1) is 20.7. The quantitative estimate of drug-likeness (QED) is 0.547. The monoisotopic (exact) mass is 409 g/mol. The van der Waals surface area contributed by atoms with E-state index in [0.29, 0.717) is 17.5 Å². The number of furan rings is 1. The molecule has 0 radical (unpaired) electrons. The van der Waals surface area contributed by atoms with E-state index in [2.05, 4.69) is 22.3 Å². The fraction of sp³-hybridized carbons (Fsp3) is 0.333. The van der Waals surface area contributed by atoms with Crippen molar-refractivity contribution in [2.45, 2.75) is 32.3 Å². The molecule has 1 aromatic carbocycles. The summed E-state index contributed by atoms with van der Waals surface area (Å²) in [5.41, 5.74) is 3.85. The first-order valence-corrected chi connectivity index (χ1v) is 10.2. The molecule has 0 atom stereocenters. The van der Waals surface area contributed by atoms with Gasteiger partial charge in [-0.3, -0.25) is 4.79 Å². The second-order valence-corrected chi connectivity index (χ2v) is 7.79. The molecular weight excluding hydrogens is 386 g/mol. The molecule has 0 aliphatic heterocycles. The Morgan fingerprint density at radius 2 is 1.97 bits per heavy atom. The Kier molecular flexibility index (Phi) is 6.39. The van der Waals surface area contributed by atoms with Crippen LogP contribution in [0.1, 0.15) is 23.3 Å². The molecule has 0 aliphatic carbocycles. The van der Waals surface area contributed by atoms with Crippen molar-refractivity contribution in [3.05, 3.63) is 47.4 Å². The number of hydrogen-bond acceptors (Lipinski definition) is 6. The van der Waals surface area contributed by atoms with Crippen LogP contribution in [0, 0.1) is 32.1 Å². The number of thioether (sulfide) groups is 1. The van der Waals surface area contributed by atoms with E-state index in [1.54, 1.807) is 11.2 Å². The summed E-state index contributed by atoms with van der Waals surface area (Å²) in [6.07, 6.45) is 1.89. The number of nitrogens with zero attached hydrogens (tertiary/aromatic N) is 5. The summed E-state index contributed by atoms with van der Waals surface area (Å²) < 4.78 is 7.20. The zero-order valence-electron chi connectivity index (χ0n) is 17.0. The predicted octanol–water partition coefficient (Wildman–Crippen LogP) is 4.04. The number of carbonyl (C=O) groups excluding carboxylic acids is 1. The third-order valence-electron chi connectivity index (χ3n) is 4.53. The zero-order chi connectivity index (χ0) is 21.0. The smallest absolute Gasteiger partial charge is 0.237 e. The Hall–Kier alpha value is -3.05. The van der Waals surface area contributed by atoms with Crippen LogP contribution in [0.3, 0.4) is 0 Å². The molecular formula is C21H23N5O2S. The van der Waals surface area contributed by atoms with Gasteiger partial charge in [0.25, 0.3) is 0 Å². The highest BCUT2D eigenvalue weighted by molar-refractivity contribution is 7.99. The van der Waals surface area contributed by atoms with Crippen molar-refractivity contribution >= 4 is 23.4 Å². The molecule has 1 amide bonds. The number of anilines is 1. The molecule has 2 heterocycles. The lowest BCUT2D eigenvalue weighted by Gasteiger charge is -2.22. The molecule has 7 nitrogen and oxygen atoms in total. The number of benzene rings is 1. The molecule has 3 aromatic rings. The first-order chi connectivity index (χ1) is 13.9. The van der Waals surface area contributed by atoms with Crippen LogP contribution in [0.2, 0.25) is 0 Å². The summed E-state index contributed by atoms with van der Waals surface area (Å²) >= 11 is 1.33. The van der Waals surface area contributed by atoms with E-state index >= 15 is 0 Å². The Bertz CT molecular complexity index is 1040. The van der Waals surface area contributed by atoms with Crippen molar-refractivity contribution < 1.29 is 9.21 Å². The minimum Gasteiger partial charge on any atom is -0.469 e. The van der Waals surface area contributed by atoms with E-state index in [0.717, 1.165) is 28.1 Å². The van der Waals surface area contributed by atoms with Crippen LogP contribution in [0.4, 0.5) is 5.69 Å². The van der Waals surface area contributed by atoms with Crippen molar-refractivity contribution in [2.75, 3.05) is 17.2 Å². The van der Waals surface area contributed by atoms with Crippen LogP contribution in [-0.2, 0) is 11.8 Å². The van der Waals surface area contributed by atoms with Gasteiger partial charge in [-0.1, -0.05) is 17.8 Å². The molecule has 3 rings (SSSR count). The largest absolute Gasteiger partial charge is 0.469 e. The maximum Gasteiger partial charge on any atom is 0.237 e. The Labute approximate surface area is 174 Å². The van der Waals surface area contributed by atoms with E-state index in [1.807, 2.05) is 50.6 Å². The number of amides is 1. The molecule has 0 N–H and O–H groups in total. The fourth-order valence-electron chi connectivity index (χ4n) is 3.16. The standard InChI is InChI=1S/C21H23N5O2S/c1-14-10-15(2)12-17(11-14)26(8-5-7-22)19(27)13-29-21-24-23-20(25(21)4)18-6-9-28-16(18)3/h6,9-12H,5,8,13H2,1-4H3. The van der Waals surface area contributed by atoms with Gasteiger partial charge in [0.1, 0.15) is 5.76 Å². The normalized spacial score (nSPS) is 10.7. The van der Waals surface area contributed by atoms with E-state index in [1.165, 1.54) is 11.8 Å². The van der Waals surface area contributed by atoms with Gasteiger partial charge in [-0.2, -0.15) is 5.26 Å². The lowest BCUT2D eigenvalue weighted by molar-refractivity contribution is -0.116. The highest BCUT2D eigenvalue weighted by Gasteiger charge is 2.19. The number of rotatable bonds is 7. The minimum atomic E-state index is -0.0701. The third kappa shape index (κ3) is 4.69. The second-order valence-electron chi connectivity index (χ2n) is 6.84. The van der Waals surface area contributed by atoms with E-state index < -0.39 is 0 Å². The lowest BCUT2D eigenvalue weighted by atomic mass is 10.1. The molecule has 2 aromatic heterocycles. The van der Waals surface area contributed by atoms with Crippen LogP contribution in [0.5, 0.6) is 0 Å². The number of hydrogen-bond donors (Lipinski definition) is 0. The Morgan fingerprint density at radius 1 is 1.24 bits per heavy atom. The topological polar surface area (TPSA) is 87.9 Å². The summed E-state index contributed by atoms with van der Waals surface area (Å²) in [5, 5.41) is 18.1. The molecule has 0 spiro atoms. The summed E-state index contributed by atoms with van der Waals surface area (Å²) in [6, 6.07) is 9.97. The minimum absolute atomic E-state index is 0.0701. The number of aryl methyl sites for hydroxylation is 3. The highest BCUT2D eigenvalue weighted by atomic mass is 32.2. The third-order valence-corrected chi connectivity index (χ3v) is 5.53. The van der Waals surface area contributed by atoms with Crippen molar-refractivity contribution in [3.8, 4) is 17.5 Å².